The summed E-state index contributed by atoms with van der Waals surface area (Å²) in [5.74, 6) is 1.07. The molecular formula is C22H25Cl3N6. The molecule has 1 unspecified atom stereocenters. The van der Waals surface area contributed by atoms with Crippen LogP contribution in [0, 0.1) is 0 Å². The maximum Gasteiger partial charge on any atom is 0.239 e. The Labute approximate surface area is 197 Å². The summed E-state index contributed by atoms with van der Waals surface area (Å²) in [7, 11) is 0. The number of nitrogens with two attached hydrogens (primary N) is 1. The number of H-pyrrole nitrogens is 1. The van der Waals surface area contributed by atoms with Gasteiger partial charge in [0.25, 0.3) is 0 Å². The second kappa shape index (κ2) is 10.2. The van der Waals surface area contributed by atoms with Gasteiger partial charge in [-0.3, -0.25) is 5.10 Å². The highest BCUT2D eigenvalue weighted by Crippen LogP contribution is 2.32. The number of nitrogens with one attached hydrogen (secondary N) is 1. The molecular weight excluding hydrogens is 455 g/mol. The van der Waals surface area contributed by atoms with Crippen molar-refractivity contribution >= 4 is 40.8 Å². The SMILES string of the molecule is Nc1n[nH]c(C2CCCCN2N(CCc2ccc(Cl)cc2)Cc2ccc(Cl)cc2Cl)n1. The number of hydrazine groups is 1. The van der Waals surface area contributed by atoms with Crippen molar-refractivity contribution in [3.63, 3.8) is 0 Å². The summed E-state index contributed by atoms with van der Waals surface area (Å²) in [5.41, 5.74) is 8.05. The zero-order chi connectivity index (χ0) is 21.8. The molecule has 1 saturated heterocycles. The Bertz CT molecular complexity index is 1010. The maximum atomic E-state index is 6.51. The van der Waals surface area contributed by atoms with E-state index in [-0.39, 0.29) is 12.0 Å². The molecule has 1 atom stereocenters. The Hall–Kier alpha value is -1.83. The number of aromatic nitrogens is 3. The van der Waals surface area contributed by atoms with Gasteiger partial charge in [0.05, 0.1) is 6.04 Å². The average molecular weight is 480 g/mol. The standard InChI is InChI=1S/C22H25Cl3N6/c23-17-7-4-15(5-8-17)10-12-30(14-16-6-9-18(24)13-19(16)25)31-11-2-1-3-20(31)21-27-22(26)29-28-21/h4-9,13,20H,1-3,10-12,14H2,(H3,26,27,28,29). The predicted octanol–water partition coefficient (Wildman–Crippen LogP) is 5.53. The van der Waals surface area contributed by atoms with Gasteiger partial charge in [-0.25, -0.2) is 10.0 Å². The molecule has 6 nitrogen and oxygen atoms in total. The van der Waals surface area contributed by atoms with Gasteiger partial charge in [-0.2, -0.15) is 4.98 Å². The van der Waals surface area contributed by atoms with E-state index in [2.05, 4.69) is 37.3 Å². The molecule has 1 aromatic heterocycles. The lowest BCUT2D eigenvalue weighted by molar-refractivity contribution is -0.0886. The number of nitrogens with zero attached hydrogens (tertiary/aromatic N) is 4. The fourth-order valence-electron chi connectivity index (χ4n) is 4.02. The van der Waals surface area contributed by atoms with Crippen LogP contribution in [0.4, 0.5) is 5.95 Å². The molecule has 0 spiro atoms. The van der Waals surface area contributed by atoms with Crippen molar-refractivity contribution in [3.05, 3.63) is 74.5 Å². The second-order valence-corrected chi connectivity index (χ2v) is 9.03. The van der Waals surface area contributed by atoms with Crippen molar-refractivity contribution in [1.29, 1.82) is 0 Å². The molecule has 0 radical (unpaired) electrons. The fourth-order valence-corrected chi connectivity index (χ4v) is 4.62. The average Bonchev–Trinajstić information content (AvgIpc) is 3.20. The first-order valence-electron chi connectivity index (χ1n) is 10.4. The summed E-state index contributed by atoms with van der Waals surface area (Å²) in [6.45, 7) is 2.42. The van der Waals surface area contributed by atoms with Crippen LogP contribution in [0.15, 0.2) is 42.5 Å². The summed E-state index contributed by atoms with van der Waals surface area (Å²) < 4.78 is 0. The van der Waals surface area contributed by atoms with E-state index in [9.17, 15) is 0 Å². The van der Waals surface area contributed by atoms with Crippen molar-refractivity contribution in [2.24, 2.45) is 0 Å². The first-order valence-corrected chi connectivity index (χ1v) is 11.5. The Kier molecular flexibility index (Phi) is 7.35. The Morgan fingerprint density at radius 2 is 1.84 bits per heavy atom. The second-order valence-electron chi connectivity index (χ2n) is 7.75. The third-order valence-electron chi connectivity index (χ3n) is 5.61. The molecule has 164 valence electrons. The number of halogens is 3. The van der Waals surface area contributed by atoms with Gasteiger partial charge in [-0.15, -0.1) is 5.10 Å². The van der Waals surface area contributed by atoms with Crippen LogP contribution in [0.25, 0.3) is 0 Å². The van der Waals surface area contributed by atoms with Crippen LogP contribution < -0.4 is 5.73 Å². The van der Waals surface area contributed by atoms with E-state index in [1.807, 2.05) is 24.3 Å². The highest BCUT2D eigenvalue weighted by molar-refractivity contribution is 6.35. The minimum absolute atomic E-state index is 0.0924. The topological polar surface area (TPSA) is 74.1 Å². The number of anilines is 1. The largest absolute Gasteiger partial charge is 0.367 e. The summed E-state index contributed by atoms with van der Waals surface area (Å²) in [4.78, 5) is 4.42. The Balaban J connectivity index is 1.59. The van der Waals surface area contributed by atoms with Gasteiger partial charge in [0.2, 0.25) is 5.95 Å². The molecule has 0 saturated carbocycles. The van der Waals surface area contributed by atoms with Crippen molar-refractivity contribution in [2.75, 3.05) is 18.8 Å². The maximum absolute atomic E-state index is 6.51. The highest BCUT2D eigenvalue weighted by atomic mass is 35.5. The van der Waals surface area contributed by atoms with Crippen molar-refractivity contribution < 1.29 is 0 Å². The van der Waals surface area contributed by atoms with E-state index in [4.69, 9.17) is 40.5 Å². The van der Waals surface area contributed by atoms with Crippen LogP contribution >= 0.6 is 34.8 Å². The van der Waals surface area contributed by atoms with Gasteiger partial charge in [0.1, 0.15) is 5.82 Å². The summed E-state index contributed by atoms with van der Waals surface area (Å²) in [6.07, 6.45) is 4.12. The normalized spacial score (nSPS) is 17.4. The number of hydrogen-bond acceptors (Lipinski definition) is 5. The van der Waals surface area contributed by atoms with Gasteiger partial charge < -0.3 is 5.73 Å². The van der Waals surface area contributed by atoms with Gasteiger partial charge in [-0.05, 0) is 54.7 Å². The number of hydrogen-bond donors (Lipinski definition) is 2. The molecule has 1 fully saturated rings. The number of nitrogen functional groups attached to an aromatic ring is 1. The summed E-state index contributed by atoms with van der Waals surface area (Å²) in [6, 6.07) is 13.8. The molecule has 3 aromatic rings. The monoisotopic (exact) mass is 478 g/mol. The lowest BCUT2D eigenvalue weighted by atomic mass is 10.0. The Morgan fingerprint density at radius 3 is 2.55 bits per heavy atom. The minimum Gasteiger partial charge on any atom is -0.367 e. The third kappa shape index (κ3) is 5.70. The van der Waals surface area contributed by atoms with Crippen LogP contribution in [-0.4, -0.2) is 38.3 Å². The molecule has 1 aliphatic rings. The van der Waals surface area contributed by atoms with Crippen LogP contribution in [0.2, 0.25) is 15.1 Å². The lowest BCUT2D eigenvalue weighted by Crippen LogP contribution is -2.48. The van der Waals surface area contributed by atoms with Crippen molar-refractivity contribution in [3.8, 4) is 0 Å². The number of rotatable bonds is 7. The van der Waals surface area contributed by atoms with Crippen molar-refractivity contribution in [1.82, 2.24) is 25.2 Å². The van der Waals surface area contributed by atoms with Gasteiger partial charge >= 0.3 is 0 Å². The van der Waals surface area contributed by atoms with Crippen LogP contribution in [0.3, 0.4) is 0 Å². The fraction of sp³-hybridized carbons (Fsp3) is 0.364. The quantitative estimate of drug-likeness (QED) is 0.466. The molecule has 1 aliphatic heterocycles. The van der Waals surface area contributed by atoms with Crippen LogP contribution in [0.1, 0.15) is 42.3 Å². The summed E-state index contributed by atoms with van der Waals surface area (Å²) in [5, 5.41) is 13.8. The molecule has 0 aliphatic carbocycles. The number of benzene rings is 2. The Morgan fingerprint density at radius 1 is 1.06 bits per heavy atom. The van der Waals surface area contributed by atoms with Gasteiger partial charge in [-0.1, -0.05) is 59.4 Å². The van der Waals surface area contributed by atoms with Gasteiger partial charge in [0, 0.05) is 34.7 Å². The first kappa shape index (κ1) is 22.4. The van der Waals surface area contributed by atoms with E-state index >= 15 is 0 Å². The van der Waals surface area contributed by atoms with E-state index in [1.165, 1.54) is 5.56 Å². The van der Waals surface area contributed by atoms with E-state index in [0.29, 0.717) is 16.6 Å². The smallest absolute Gasteiger partial charge is 0.239 e. The molecule has 3 N–H and O–H groups in total. The predicted molar refractivity (Wildman–Crippen MR) is 126 cm³/mol. The zero-order valence-electron chi connectivity index (χ0n) is 17.1. The molecule has 2 heterocycles. The molecule has 31 heavy (non-hydrogen) atoms. The number of piperidine rings is 1. The molecule has 0 bridgehead atoms. The van der Waals surface area contributed by atoms with E-state index in [0.717, 1.165) is 55.2 Å². The molecule has 2 aromatic carbocycles. The third-order valence-corrected chi connectivity index (χ3v) is 6.45. The summed E-state index contributed by atoms with van der Waals surface area (Å²) >= 11 is 18.7. The molecule has 0 amide bonds. The highest BCUT2D eigenvalue weighted by Gasteiger charge is 2.31. The molecule has 4 rings (SSSR count). The van der Waals surface area contributed by atoms with E-state index in [1.54, 1.807) is 6.07 Å². The number of aromatic amines is 1. The van der Waals surface area contributed by atoms with Crippen molar-refractivity contribution in [2.45, 2.75) is 38.3 Å². The van der Waals surface area contributed by atoms with Gasteiger partial charge in [0.15, 0.2) is 0 Å². The zero-order valence-corrected chi connectivity index (χ0v) is 19.3. The first-order chi connectivity index (χ1) is 15.0. The van der Waals surface area contributed by atoms with Crippen LogP contribution in [0.5, 0.6) is 0 Å². The minimum atomic E-state index is 0.0924. The van der Waals surface area contributed by atoms with E-state index < -0.39 is 0 Å². The lowest BCUT2D eigenvalue weighted by Gasteiger charge is -2.42. The van der Waals surface area contributed by atoms with Crippen LogP contribution in [-0.2, 0) is 13.0 Å². The molecule has 9 heteroatoms.